The number of nitrogens with one attached hydrogen (secondary N) is 2. The molecule has 3 rings (SSSR count). The van der Waals surface area contributed by atoms with E-state index in [1.165, 1.54) is 6.92 Å². The summed E-state index contributed by atoms with van der Waals surface area (Å²) in [7, 11) is 0. The normalized spacial score (nSPS) is 11.5. The van der Waals surface area contributed by atoms with Crippen molar-refractivity contribution in [3.05, 3.63) is 90.0 Å². The van der Waals surface area contributed by atoms with Crippen LogP contribution in [-0.2, 0) is 9.59 Å². The lowest BCUT2D eigenvalue weighted by molar-refractivity contribution is -0.129. The quantitative estimate of drug-likeness (QED) is 0.476. The number of rotatable bonds is 5. The lowest BCUT2D eigenvalue weighted by Gasteiger charge is -2.17. The largest absolute Gasteiger partial charge is 0.326 e. The maximum atomic E-state index is 12.3. The second-order valence-corrected chi connectivity index (χ2v) is 6.20. The third-order valence-corrected chi connectivity index (χ3v) is 4.26. The summed E-state index contributed by atoms with van der Waals surface area (Å²) in [6.45, 7) is 1.47. The molecular formula is C22H20N2O3. The smallest absolute Gasteiger partial charge is 0.255 e. The van der Waals surface area contributed by atoms with E-state index in [0.717, 1.165) is 27.9 Å². The van der Waals surface area contributed by atoms with Crippen LogP contribution in [0.4, 0.5) is 5.69 Å². The van der Waals surface area contributed by atoms with Crippen molar-refractivity contribution in [2.45, 2.75) is 12.8 Å². The van der Waals surface area contributed by atoms with E-state index in [4.69, 9.17) is 0 Å². The van der Waals surface area contributed by atoms with Crippen LogP contribution in [0.1, 0.15) is 24.0 Å². The van der Waals surface area contributed by atoms with Crippen LogP contribution >= 0.6 is 0 Å². The third-order valence-electron chi connectivity index (χ3n) is 4.26. The highest BCUT2D eigenvalue weighted by molar-refractivity contribution is 5.89. The van der Waals surface area contributed by atoms with Gasteiger partial charge in [-0.15, -0.1) is 0 Å². The van der Waals surface area contributed by atoms with Gasteiger partial charge in [0.05, 0.1) is 5.92 Å². The molecule has 5 heteroatoms. The molecule has 27 heavy (non-hydrogen) atoms. The van der Waals surface area contributed by atoms with Gasteiger partial charge in [-0.1, -0.05) is 66.7 Å². The zero-order valence-corrected chi connectivity index (χ0v) is 14.8. The molecule has 1 atom stereocenters. The second-order valence-electron chi connectivity index (χ2n) is 6.20. The Morgan fingerprint density at radius 1 is 0.815 bits per heavy atom. The Morgan fingerprint density at radius 2 is 1.48 bits per heavy atom. The molecule has 3 aromatic rings. The van der Waals surface area contributed by atoms with Crippen molar-refractivity contribution >= 4 is 17.5 Å². The number of carbonyl (C=O) groups excluding carboxylic acids is 2. The number of benzene rings is 3. The molecule has 0 fully saturated rings. The summed E-state index contributed by atoms with van der Waals surface area (Å²) in [5.74, 6) is -1.22. The molecule has 0 saturated carbocycles. The van der Waals surface area contributed by atoms with E-state index in [1.54, 1.807) is 5.48 Å². The molecule has 0 aliphatic carbocycles. The molecule has 0 aromatic heterocycles. The zero-order valence-electron chi connectivity index (χ0n) is 14.8. The van der Waals surface area contributed by atoms with Crippen molar-refractivity contribution in [1.29, 1.82) is 0 Å². The summed E-state index contributed by atoms with van der Waals surface area (Å²) in [5.41, 5.74) is 5.96. The summed E-state index contributed by atoms with van der Waals surface area (Å²) in [5, 5.41) is 11.9. The minimum Gasteiger partial charge on any atom is -0.326 e. The van der Waals surface area contributed by atoms with Gasteiger partial charge in [0.25, 0.3) is 5.91 Å². The van der Waals surface area contributed by atoms with Gasteiger partial charge in [-0.25, -0.2) is 5.48 Å². The first-order valence-corrected chi connectivity index (χ1v) is 8.55. The lowest BCUT2D eigenvalue weighted by atomic mass is 9.89. The van der Waals surface area contributed by atoms with Gasteiger partial charge < -0.3 is 5.32 Å². The van der Waals surface area contributed by atoms with Crippen LogP contribution in [0, 0.1) is 0 Å². The van der Waals surface area contributed by atoms with Gasteiger partial charge in [-0.05, 0) is 34.4 Å². The standard InChI is InChI=1S/C22H20N2O3/c1-15(25)23-20-12-10-16(11-13-20)18-8-5-9-19(14-18)21(22(26)24-27)17-6-3-2-4-7-17/h2-14,21,27H,1H3,(H,23,25)(H,24,26). The predicted octanol–water partition coefficient (Wildman–Crippen LogP) is 3.95. The Labute approximate surface area is 157 Å². The molecule has 0 aliphatic rings. The molecule has 3 aromatic carbocycles. The molecule has 136 valence electrons. The zero-order chi connectivity index (χ0) is 19.2. The summed E-state index contributed by atoms with van der Waals surface area (Å²) in [4.78, 5) is 23.5. The Morgan fingerprint density at radius 3 is 2.11 bits per heavy atom. The van der Waals surface area contributed by atoms with E-state index in [1.807, 2.05) is 78.9 Å². The van der Waals surface area contributed by atoms with E-state index < -0.39 is 11.8 Å². The maximum Gasteiger partial charge on any atom is 0.255 e. The van der Waals surface area contributed by atoms with Gasteiger partial charge in [0.1, 0.15) is 0 Å². The first-order valence-electron chi connectivity index (χ1n) is 8.55. The molecule has 0 saturated heterocycles. The van der Waals surface area contributed by atoms with Crippen molar-refractivity contribution in [3.63, 3.8) is 0 Å². The fourth-order valence-electron chi connectivity index (χ4n) is 3.05. The summed E-state index contributed by atoms with van der Waals surface area (Å²) in [6.07, 6.45) is 0. The van der Waals surface area contributed by atoms with E-state index in [0.29, 0.717) is 0 Å². The van der Waals surface area contributed by atoms with Crippen LogP contribution in [0.5, 0.6) is 0 Å². The fourth-order valence-corrected chi connectivity index (χ4v) is 3.05. The minimum atomic E-state index is -0.616. The van der Waals surface area contributed by atoms with Gasteiger partial charge in [0, 0.05) is 12.6 Å². The highest BCUT2D eigenvalue weighted by Gasteiger charge is 2.22. The monoisotopic (exact) mass is 360 g/mol. The van der Waals surface area contributed by atoms with Gasteiger partial charge in [-0.2, -0.15) is 0 Å². The molecule has 1 unspecified atom stereocenters. The van der Waals surface area contributed by atoms with E-state index >= 15 is 0 Å². The van der Waals surface area contributed by atoms with Crippen molar-refractivity contribution in [2.24, 2.45) is 0 Å². The van der Waals surface area contributed by atoms with Gasteiger partial charge in [0.2, 0.25) is 5.91 Å². The number of hydrogen-bond donors (Lipinski definition) is 3. The van der Waals surface area contributed by atoms with Crippen molar-refractivity contribution < 1.29 is 14.8 Å². The summed E-state index contributed by atoms with van der Waals surface area (Å²) in [6, 6.07) is 24.4. The van der Waals surface area contributed by atoms with Crippen LogP contribution in [0.25, 0.3) is 11.1 Å². The average Bonchev–Trinajstić information content (AvgIpc) is 2.69. The molecule has 0 bridgehead atoms. The first kappa shape index (κ1) is 18.4. The Balaban J connectivity index is 1.96. The molecule has 2 amide bonds. The highest BCUT2D eigenvalue weighted by atomic mass is 16.5. The van der Waals surface area contributed by atoms with Gasteiger partial charge >= 0.3 is 0 Å². The Bertz CT molecular complexity index is 937. The first-order chi connectivity index (χ1) is 13.1. The predicted molar refractivity (Wildman–Crippen MR) is 104 cm³/mol. The van der Waals surface area contributed by atoms with Crippen LogP contribution in [0.2, 0.25) is 0 Å². The number of hydroxylamine groups is 1. The van der Waals surface area contributed by atoms with Crippen LogP contribution in [-0.4, -0.2) is 17.0 Å². The number of anilines is 1. The minimum absolute atomic E-state index is 0.120. The van der Waals surface area contributed by atoms with E-state index in [9.17, 15) is 14.8 Å². The van der Waals surface area contributed by atoms with Crippen LogP contribution in [0.15, 0.2) is 78.9 Å². The highest BCUT2D eigenvalue weighted by Crippen LogP contribution is 2.29. The fraction of sp³-hybridized carbons (Fsp3) is 0.0909. The lowest BCUT2D eigenvalue weighted by Crippen LogP contribution is -2.27. The molecule has 3 N–H and O–H groups in total. The molecule has 0 heterocycles. The van der Waals surface area contributed by atoms with E-state index in [-0.39, 0.29) is 5.91 Å². The van der Waals surface area contributed by atoms with Crippen molar-refractivity contribution in [1.82, 2.24) is 5.48 Å². The van der Waals surface area contributed by atoms with Crippen LogP contribution < -0.4 is 10.8 Å². The molecular weight excluding hydrogens is 340 g/mol. The maximum absolute atomic E-state index is 12.3. The summed E-state index contributed by atoms with van der Waals surface area (Å²) >= 11 is 0. The topological polar surface area (TPSA) is 78.4 Å². The number of hydrogen-bond acceptors (Lipinski definition) is 3. The molecule has 0 spiro atoms. The third kappa shape index (κ3) is 4.40. The molecule has 5 nitrogen and oxygen atoms in total. The van der Waals surface area contributed by atoms with Gasteiger partial charge in [-0.3, -0.25) is 14.8 Å². The van der Waals surface area contributed by atoms with Crippen LogP contribution in [0.3, 0.4) is 0 Å². The van der Waals surface area contributed by atoms with Crippen molar-refractivity contribution in [3.8, 4) is 11.1 Å². The van der Waals surface area contributed by atoms with Gasteiger partial charge in [0.15, 0.2) is 0 Å². The van der Waals surface area contributed by atoms with Crippen molar-refractivity contribution in [2.75, 3.05) is 5.32 Å². The van der Waals surface area contributed by atoms with E-state index in [2.05, 4.69) is 5.32 Å². The molecule has 0 aliphatic heterocycles. The summed E-state index contributed by atoms with van der Waals surface area (Å²) < 4.78 is 0. The number of amides is 2. The molecule has 0 radical (unpaired) electrons. The Hall–Kier alpha value is -3.44. The number of carbonyl (C=O) groups is 2. The Kier molecular flexibility index (Phi) is 5.64. The SMILES string of the molecule is CC(=O)Nc1ccc(-c2cccc(C(C(=O)NO)c3ccccc3)c2)cc1. The average molecular weight is 360 g/mol. The second kappa shape index (κ2) is 8.29.